The van der Waals surface area contributed by atoms with E-state index in [2.05, 4.69) is 15.0 Å². The van der Waals surface area contributed by atoms with E-state index >= 15 is 0 Å². The van der Waals surface area contributed by atoms with Gasteiger partial charge in [-0.05, 0) is 44.9 Å². The minimum absolute atomic E-state index is 0.298. The first-order valence-corrected chi connectivity index (χ1v) is 8.94. The van der Waals surface area contributed by atoms with Gasteiger partial charge in [0.15, 0.2) is 5.82 Å². The molecule has 5 nitrogen and oxygen atoms in total. The molecule has 0 radical (unpaired) electrons. The van der Waals surface area contributed by atoms with Gasteiger partial charge in [0.2, 0.25) is 11.8 Å². The van der Waals surface area contributed by atoms with Crippen molar-refractivity contribution >= 4 is 5.91 Å². The minimum Gasteiger partial charge on any atom is -0.339 e. The van der Waals surface area contributed by atoms with Crippen molar-refractivity contribution in [2.45, 2.75) is 76.2 Å². The van der Waals surface area contributed by atoms with Crippen LogP contribution in [0.25, 0.3) is 0 Å². The molecule has 0 bridgehead atoms. The third-order valence-corrected chi connectivity index (χ3v) is 5.48. The maximum Gasteiger partial charge on any atom is 0.229 e. The predicted octanol–water partition coefficient (Wildman–Crippen LogP) is 3.06. The number of rotatable bonds is 5. The number of carbonyl (C=O) groups excluding carboxylic acids is 1. The third kappa shape index (κ3) is 2.90. The normalized spacial score (nSPS) is 26.0. The van der Waals surface area contributed by atoms with Crippen LogP contribution in [0.3, 0.4) is 0 Å². The van der Waals surface area contributed by atoms with Gasteiger partial charge >= 0.3 is 0 Å². The molecular formula is C17H25N3O2. The Morgan fingerprint density at radius 2 is 1.95 bits per heavy atom. The third-order valence-electron chi connectivity index (χ3n) is 5.48. The quantitative estimate of drug-likeness (QED) is 0.839. The van der Waals surface area contributed by atoms with Gasteiger partial charge in [0.1, 0.15) is 0 Å². The molecule has 0 N–H and O–H groups in total. The lowest BCUT2D eigenvalue weighted by Crippen LogP contribution is -2.39. The fourth-order valence-corrected chi connectivity index (χ4v) is 3.99. The molecule has 1 atom stereocenters. The number of nitrogens with zero attached hydrogens (tertiary/aromatic N) is 3. The van der Waals surface area contributed by atoms with Crippen LogP contribution in [-0.4, -0.2) is 33.5 Å². The van der Waals surface area contributed by atoms with Gasteiger partial charge in [-0.25, -0.2) is 0 Å². The maximum atomic E-state index is 12.6. The molecule has 1 unspecified atom stereocenters. The van der Waals surface area contributed by atoms with Gasteiger partial charge in [0.25, 0.3) is 0 Å². The summed E-state index contributed by atoms with van der Waals surface area (Å²) in [5.74, 6) is 2.87. The summed E-state index contributed by atoms with van der Waals surface area (Å²) in [6.45, 7) is 0.944. The van der Waals surface area contributed by atoms with E-state index in [1.807, 2.05) is 0 Å². The average Bonchev–Trinajstić information content (AvgIpc) is 3.02. The van der Waals surface area contributed by atoms with Crippen LogP contribution < -0.4 is 0 Å². The monoisotopic (exact) mass is 303 g/mol. The highest BCUT2D eigenvalue weighted by atomic mass is 16.5. The lowest BCUT2D eigenvalue weighted by Gasteiger charge is -2.27. The summed E-state index contributed by atoms with van der Waals surface area (Å²) < 4.78 is 5.32. The summed E-state index contributed by atoms with van der Waals surface area (Å²) >= 11 is 0. The molecule has 4 rings (SSSR count). The molecule has 2 aliphatic carbocycles. The highest BCUT2D eigenvalue weighted by Gasteiger charge is 2.34. The van der Waals surface area contributed by atoms with Crippen molar-refractivity contribution in [3.8, 4) is 0 Å². The van der Waals surface area contributed by atoms with Crippen LogP contribution in [0, 0.1) is 5.92 Å². The van der Waals surface area contributed by atoms with E-state index in [9.17, 15) is 4.79 Å². The zero-order valence-electron chi connectivity index (χ0n) is 13.2. The van der Waals surface area contributed by atoms with Crippen molar-refractivity contribution in [3.05, 3.63) is 11.7 Å². The summed E-state index contributed by atoms with van der Waals surface area (Å²) in [5.41, 5.74) is 0. The Kier molecular flexibility index (Phi) is 3.89. The van der Waals surface area contributed by atoms with E-state index < -0.39 is 0 Å². The highest BCUT2D eigenvalue weighted by molar-refractivity contribution is 5.79. The van der Waals surface area contributed by atoms with Gasteiger partial charge in [-0.2, -0.15) is 4.98 Å². The molecule has 0 spiro atoms. The smallest absolute Gasteiger partial charge is 0.229 e. The zero-order valence-corrected chi connectivity index (χ0v) is 13.2. The van der Waals surface area contributed by atoms with Crippen molar-refractivity contribution < 1.29 is 9.32 Å². The predicted molar refractivity (Wildman–Crippen MR) is 81.3 cm³/mol. The molecule has 1 aromatic rings. The van der Waals surface area contributed by atoms with Crippen LogP contribution in [0.1, 0.15) is 75.4 Å². The first-order valence-electron chi connectivity index (χ1n) is 8.94. The van der Waals surface area contributed by atoms with Gasteiger partial charge in [-0.3, -0.25) is 4.79 Å². The second-order valence-electron chi connectivity index (χ2n) is 7.17. The largest absolute Gasteiger partial charge is 0.339 e. The van der Waals surface area contributed by atoms with Crippen LogP contribution >= 0.6 is 0 Å². The molecule has 22 heavy (non-hydrogen) atoms. The second kappa shape index (κ2) is 6.01. The van der Waals surface area contributed by atoms with Crippen LogP contribution in [0.2, 0.25) is 0 Å². The molecule has 120 valence electrons. The molecule has 1 aromatic heterocycles. The van der Waals surface area contributed by atoms with E-state index in [1.54, 1.807) is 0 Å². The van der Waals surface area contributed by atoms with Gasteiger partial charge in [-0.15, -0.1) is 0 Å². The van der Waals surface area contributed by atoms with E-state index in [0.717, 1.165) is 56.8 Å². The SMILES string of the molecule is O=C(C1CCCC1)N1CCCC1CCc1noc(C2CC2)n1. The molecule has 1 amide bonds. The number of hydrogen-bond donors (Lipinski definition) is 0. The van der Waals surface area contributed by atoms with E-state index in [0.29, 0.717) is 23.8 Å². The van der Waals surface area contributed by atoms with Crippen LogP contribution in [0.15, 0.2) is 4.52 Å². The van der Waals surface area contributed by atoms with E-state index in [4.69, 9.17) is 4.52 Å². The highest BCUT2D eigenvalue weighted by Crippen LogP contribution is 2.39. The number of aryl methyl sites for hydroxylation is 1. The Balaban J connectivity index is 1.33. The fraction of sp³-hybridized carbons (Fsp3) is 0.824. The summed E-state index contributed by atoms with van der Waals surface area (Å²) in [6.07, 6.45) is 11.1. The first-order chi connectivity index (χ1) is 10.8. The van der Waals surface area contributed by atoms with Crippen molar-refractivity contribution in [1.82, 2.24) is 15.0 Å². The number of amides is 1. The van der Waals surface area contributed by atoms with Crippen LogP contribution in [-0.2, 0) is 11.2 Å². The van der Waals surface area contributed by atoms with E-state index in [-0.39, 0.29) is 0 Å². The van der Waals surface area contributed by atoms with Crippen LogP contribution in [0.4, 0.5) is 0 Å². The Bertz CT molecular complexity index is 532. The van der Waals surface area contributed by atoms with Gasteiger partial charge in [-0.1, -0.05) is 18.0 Å². The Morgan fingerprint density at radius 3 is 2.73 bits per heavy atom. The summed E-state index contributed by atoms with van der Waals surface area (Å²) in [7, 11) is 0. The molecule has 1 saturated heterocycles. The lowest BCUT2D eigenvalue weighted by atomic mass is 10.0. The molecule has 2 heterocycles. The van der Waals surface area contributed by atoms with Crippen LogP contribution in [0.5, 0.6) is 0 Å². The lowest BCUT2D eigenvalue weighted by molar-refractivity contribution is -0.136. The number of carbonyl (C=O) groups is 1. The summed E-state index contributed by atoms with van der Waals surface area (Å²) in [4.78, 5) is 19.3. The molecule has 3 aliphatic rings. The average molecular weight is 303 g/mol. The summed E-state index contributed by atoms with van der Waals surface area (Å²) in [6, 6.07) is 0.385. The Hall–Kier alpha value is -1.39. The first kappa shape index (κ1) is 14.2. The molecule has 3 fully saturated rings. The van der Waals surface area contributed by atoms with E-state index in [1.165, 1.54) is 25.7 Å². The second-order valence-corrected chi connectivity index (χ2v) is 7.17. The minimum atomic E-state index is 0.298. The Morgan fingerprint density at radius 1 is 1.14 bits per heavy atom. The standard InChI is InChI=1S/C17H25N3O2/c21-17(13-4-1-2-5-13)20-11-3-6-14(20)9-10-15-18-16(22-19-15)12-7-8-12/h12-14H,1-11H2. The van der Waals surface area contributed by atoms with Gasteiger partial charge < -0.3 is 9.42 Å². The maximum absolute atomic E-state index is 12.6. The zero-order chi connectivity index (χ0) is 14.9. The van der Waals surface area contributed by atoms with Gasteiger partial charge in [0, 0.05) is 30.8 Å². The number of hydrogen-bond acceptors (Lipinski definition) is 4. The van der Waals surface area contributed by atoms with Crippen molar-refractivity contribution in [2.24, 2.45) is 5.92 Å². The molecule has 2 saturated carbocycles. The van der Waals surface area contributed by atoms with Crippen molar-refractivity contribution in [1.29, 1.82) is 0 Å². The topological polar surface area (TPSA) is 59.2 Å². The fourth-order valence-electron chi connectivity index (χ4n) is 3.99. The van der Waals surface area contributed by atoms with Gasteiger partial charge in [0.05, 0.1) is 0 Å². The molecular weight excluding hydrogens is 278 g/mol. The molecule has 0 aromatic carbocycles. The molecule has 5 heteroatoms. The summed E-state index contributed by atoms with van der Waals surface area (Å²) in [5, 5.41) is 4.10. The number of likely N-dealkylation sites (tertiary alicyclic amines) is 1. The van der Waals surface area contributed by atoms with Crippen molar-refractivity contribution in [2.75, 3.05) is 6.54 Å². The number of aromatic nitrogens is 2. The van der Waals surface area contributed by atoms with Crippen molar-refractivity contribution in [3.63, 3.8) is 0 Å². The molecule has 1 aliphatic heterocycles. The Labute approximate surface area is 131 Å².